The molecule has 2 aromatic rings. The fraction of sp³-hybridized carbons (Fsp3) is 0.167. The molecule has 0 aliphatic carbocycles. The van der Waals surface area contributed by atoms with Crippen LogP contribution in [0, 0.1) is 5.82 Å². The highest BCUT2D eigenvalue weighted by atomic mass is 79.9. The number of benzene rings is 1. The van der Waals surface area contributed by atoms with Crippen molar-refractivity contribution >= 4 is 15.9 Å². The maximum atomic E-state index is 13.0. The van der Waals surface area contributed by atoms with Crippen molar-refractivity contribution in [3.63, 3.8) is 0 Å². The molecule has 2 rings (SSSR count). The number of aromatic nitrogens is 2. The Morgan fingerprint density at radius 3 is 2.78 bits per heavy atom. The smallest absolute Gasteiger partial charge is 0.258 e. The van der Waals surface area contributed by atoms with Gasteiger partial charge in [-0.15, -0.1) is 0 Å². The lowest BCUT2D eigenvalue weighted by Gasteiger charge is -2.06. The van der Waals surface area contributed by atoms with Gasteiger partial charge in [-0.2, -0.15) is 4.98 Å². The van der Waals surface area contributed by atoms with Gasteiger partial charge in [0, 0.05) is 10.0 Å². The molecular weight excluding hydrogens is 303 g/mol. The molecule has 0 bridgehead atoms. The molecule has 94 valence electrons. The van der Waals surface area contributed by atoms with E-state index in [1.54, 1.807) is 6.92 Å². The van der Waals surface area contributed by atoms with Gasteiger partial charge in [0.05, 0.1) is 5.56 Å². The molecule has 1 aromatic heterocycles. The normalized spacial score (nSPS) is 10.6. The van der Waals surface area contributed by atoms with E-state index in [4.69, 9.17) is 0 Å². The molecule has 6 heteroatoms. The maximum Gasteiger partial charge on any atom is 0.258 e. The van der Waals surface area contributed by atoms with Crippen LogP contribution in [0.3, 0.4) is 0 Å². The molecule has 0 saturated carbocycles. The third-order valence-electron chi connectivity index (χ3n) is 2.53. The Balaban J connectivity index is 2.62. The highest BCUT2D eigenvalue weighted by Gasteiger charge is 2.12. The Bertz CT molecular complexity index is 655. The van der Waals surface area contributed by atoms with Crippen LogP contribution >= 0.6 is 15.9 Å². The molecule has 0 aliphatic heterocycles. The number of nitrogens with one attached hydrogen (secondary N) is 1. The minimum Gasteiger partial charge on any atom is -0.493 e. The average molecular weight is 313 g/mol. The minimum absolute atomic E-state index is 0.196. The second kappa shape index (κ2) is 4.89. The molecule has 0 fully saturated rings. The van der Waals surface area contributed by atoms with Gasteiger partial charge in [-0.1, -0.05) is 6.92 Å². The number of rotatable bonds is 2. The van der Waals surface area contributed by atoms with Crippen LogP contribution in [0.5, 0.6) is 5.88 Å². The SMILES string of the molecule is CCc1c(O)nc(-c2ccc(F)cc2Br)[nH]c1=O. The largest absolute Gasteiger partial charge is 0.493 e. The Kier molecular flexibility index (Phi) is 3.47. The molecular formula is C12H10BrFN2O2. The van der Waals surface area contributed by atoms with Gasteiger partial charge in [0.15, 0.2) is 0 Å². The fourth-order valence-corrected chi connectivity index (χ4v) is 2.15. The van der Waals surface area contributed by atoms with Gasteiger partial charge in [-0.05, 0) is 40.5 Å². The van der Waals surface area contributed by atoms with Gasteiger partial charge >= 0.3 is 0 Å². The molecule has 0 spiro atoms. The van der Waals surface area contributed by atoms with Crippen molar-refractivity contribution in [2.45, 2.75) is 13.3 Å². The third kappa shape index (κ3) is 2.28. The zero-order valence-electron chi connectivity index (χ0n) is 9.50. The van der Waals surface area contributed by atoms with Gasteiger partial charge in [0.25, 0.3) is 5.56 Å². The van der Waals surface area contributed by atoms with Crippen molar-refractivity contribution in [3.05, 3.63) is 44.4 Å². The zero-order valence-corrected chi connectivity index (χ0v) is 11.1. The van der Waals surface area contributed by atoms with Crippen molar-refractivity contribution in [3.8, 4) is 17.3 Å². The molecule has 4 nitrogen and oxygen atoms in total. The summed E-state index contributed by atoms with van der Waals surface area (Å²) in [5, 5.41) is 9.66. The van der Waals surface area contributed by atoms with E-state index < -0.39 is 11.4 Å². The Labute approximate surface area is 111 Å². The first-order valence-corrected chi connectivity index (χ1v) is 6.09. The lowest BCUT2D eigenvalue weighted by Crippen LogP contribution is -2.14. The highest BCUT2D eigenvalue weighted by molar-refractivity contribution is 9.10. The predicted molar refractivity (Wildman–Crippen MR) is 69.0 cm³/mol. The molecule has 1 heterocycles. The lowest BCUT2D eigenvalue weighted by molar-refractivity contribution is 0.444. The molecule has 18 heavy (non-hydrogen) atoms. The summed E-state index contributed by atoms with van der Waals surface area (Å²) >= 11 is 3.18. The Morgan fingerprint density at radius 1 is 1.50 bits per heavy atom. The monoisotopic (exact) mass is 312 g/mol. The number of halogens is 2. The minimum atomic E-state index is -0.401. The molecule has 0 aliphatic rings. The van der Waals surface area contributed by atoms with E-state index in [1.807, 2.05) is 0 Å². The van der Waals surface area contributed by atoms with Crippen molar-refractivity contribution in [2.24, 2.45) is 0 Å². The number of hydrogen-bond acceptors (Lipinski definition) is 3. The number of aromatic amines is 1. The van der Waals surface area contributed by atoms with Gasteiger partial charge in [0.1, 0.15) is 11.6 Å². The van der Waals surface area contributed by atoms with E-state index in [1.165, 1.54) is 18.2 Å². The predicted octanol–water partition coefficient (Wildman–Crippen LogP) is 2.61. The van der Waals surface area contributed by atoms with Crippen LogP contribution < -0.4 is 5.56 Å². The second-order valence-corrected chi connectivity index (χ2v) is 4.55. The van der Waals surface area contributed by atoms with Crippen LogP contribution in [0.25, 0.3) is 11.4 Å². The second-order valence-electron chi connectivity index (χ2n) is 3.69. The van der Waals surface area contributed by atoms with Crippen LogP contribution in [0.15, 0.2) is 27.5 Å². The molecule has 0 radical (unpaired) electrons. The Morgan fingerprint density at radius 2 is 2.22 bits per heavy atom. The molecule has 0 unspecified atom stereocenters. The van der Waals surface area contributed by atoms with Crippen LogP contribution in [-0.4, -0.2) is 15.1 Å². The summed E-state index contributed by atoms with van der Waals surface area (Å²) in [6.45, 7) is 1.75. The van der Waals surface area contributed by atoms with E-state index in [2.05, 4.69) is 25.9 Å². The summed E-state index contributed by atoms with van der Waals surface area (Å²) in [6.07, 6.45) is 0.388. The van der Waals surface area contributed by atoms with Gasteiger partial charge in [-0.25, -0.2) is 4.39 Å². The summed E-state index contributed by atoms with van der Waals surface area (Å²) in [5.74, 6) is -0.503. The Hall–Kier alpha value is -1.69. The zero-order chi connectivity index (χ0) is 13.3. The first-order chi connectivity index (χ1) is 8.52. The molecule has 0 amide bonds. The van der Waals surface area contributed by atoms with E-state index in [-0.39, 0.29) is 17.3 Å². The number of hydrogen-bond donors (Lipinski definition) is 2. The maximum absolute atomic E-state index is 13.0. The topological polar surface area (TPSA) is 66.0 Å². The van der Waals surface area contributed by atoms with Crippen LogP contribution in [0.2, 0.25) is 0 Å². The molecule has 0 atom stereocenters. The summed E-state index contributed by atoms with van der Waals surface area (Å²) in [7, 11) is 0. The summed E-state index contributed by atoms with van der Waals surface area (Å²) in [4.78, 5) is 18.2. The fourth-order valence-electron chi connectivity index (χ4n) is 1.61. The van der Waals surface area contributed by atoms with Crippen molar-refractivity contribution in [1.82, 2.24) is 9.97 Å². The van der Waals surface area contributed by atoms with Crippen LogP contribution in [0.1, 0.15) is 12.5 Å². The van der Waals surface area contributed by atoms with E-state index >= 15 is 0 Å². The molecule has 2 N–H and O–H groups in total. The van der Waals surface area contributed by atoms with Gasteiger partial charge in [0.2, 0.25) is 5.88 Å². The van der Waals surface area contributed by atoms with Crippen LogP contribution in [0.4, 0.5) is 4.39 Å². The highest BCUT2D eigenvalue weighted by Crippen LogP contribution is 2.27. The van der Waals surface area contributed by atoms with Crippen molar-refractivity contribution < 1.29 is 9.50 Å². The lowest BCUT2D eigenvalue weighted by atomic mass is 10.2. The van der Waals surface area contributed by atoms with Gasteiger partial charge < -0.3 is 10.1 Å². The van der Waals surface area contributed by atoms with E-state index in [0.717, 1.165) is 0 Å². The van der Waals surface area contributed by atoms with Crippen molar-refractivity contribution in [1.29, 1.82) is 0 Å². The number of H-pyrrole nitrogens is 1. The van der Waals surface area contributed by atoms with Crippen molar-refractivity contribution in [2.75, 3.05) is 0 Å². The molecule has 1 aromatic carbocycles. The first kappa shape index (κ1) is 12.8. The van der Waals surface area contributed by atoms with E-state index in [0.29, 0.717) is 16.5 Å². The van der Waals surface area contributed by atoms with Gasteiger partial charge in [-0.3, -0.25) is 4.79 Å². The van der Waals surface area contributed by atoms with E-state index in [9.17, 15) is 14.3 Å². The summed E-state index contributed by atoms with van der Waals surface area (Å²) in [5.41, 5.74) is 0.347. The summed E-state index contributed by atoms with van der Waals surface area (Å²) in [6, 6.07) is 3.99. The summed E-state index contributed by atoms with van der Waals surface area (Å²) < 4.78 is 13.4. The van der Waals surface area contributed by atoms with Crippen LogP contribution in [-0.2, 0) is 6.42 Å². The first-order valence-electron chi connectivity index (χ1n) is 5.30. The number of nitrogens with zero attached hydrogens (tertiary/aromatic N) is 1. The standard InChI is InChI=1S/C12H10BrFN2O2/c1-2-7-11(17)15-10(16-12(7)18)8-4-3-6(14)5-9(8)13/h3-5H,2H2,1H3,(H2,15,16,17,18). The quantitative estimate of drug-likeness (QED) is 0.895. The average Bonchev–Trinajstić information content (AvgIpc) is 2.28. The third-order valence-corrected chi connectivity index (χ3v) is 3.19. The molecule has 0 saturated heterocycles. The number of aromatic hydroxyl groups is 1.